The van der Waals surface area contributed by atoms with E-state index in [4.69, 9.17) is 9.72 Å². The second-order valence-corrected chi connectivity index (χ2v) is 9.06. The molecule has 9 heteroatoms. The molecule has 1 unspecified atom stereocenters. The molecule has 5 rings (SSSR count). The van der Waals surface area contributed by atoms with E-state index in [9.17, 15) is 4.79 Å². The molecule has 173 valence electrons. The first-order chi connectivity index (χ1) is 16.6. The zero-order valence-electron chi connectivity index (χ0n) is 18.7. The largest absolute Gasteiger partial charge is 0.457 e. The summed E-state index contributed by atoms with van der Waals surface area (Å²) in [7, 11) is 1.98. The van der Waals surface area contributed by atoms with Gasteiger partial charge in [0.05, 0.1) is 29.3 Å². The quantitative estimate of drug-likeness (QED) is 0.363. The highest BCUT2D eigenvalue weighted by molar-refractivity contribution is 9.10. The molecule has 1 fully saturated rings. The summed E-state index contributed by atoms with van der Waals surface area (Å²) < 4.78 is 9.19. The number of fused-ring (bicyclic) bond motifs is 1. The zero-order valence-corrected chi connectivity index (χ0v) is 20.3. The number of aromatic nitrogens is 3. The Hall–Kier alpha value is -3.27. The number of ether oxygens (including phenoxy) is 1. The van der Waals surface area contributed by atoms with Crippen LogP contribution in [0.25, 0.3) is 11.0 Å². The van der Waals surface area contributed by atoms with E-state index >= 15 is 0 Å². The second-order valence-electron chi connectivity index (χ2n) is 8.14. The van der Waals surface area contributed by atoms with Crippen molar-refractivity contribution in [1.29, 1.82) is 0 Å². The smallest absolute Gasteiger partial charge is 0.208 e. The Balaban J connectivity index is 1.33. The van der Waals surface area contributed by atoms with Crippen molar-refractivity contribution in [2.24, 2.45) is 7.05 Å². The zero-order chi connectivity index (χ0) is 23.5. The Morgan fingerprint density at radius 3 is 2.79 bits per heavy atom. The van der Waals surface area contributed by atoms with Gasteiger partial charge in [0.2, 0.25) is 5.95 Å². The molecule has 1 aliphatic heterocycles. The first kappa shape index (κ1) is 22.5. The third-order valence-electron chi connectivity index (χ3n) is 5.81. The van der Waals surface area contributed by atoms with E-state index in [1.165, 1.54) is 0 Å². The van der Waals surface area contributed by atoms with E-state index in [1.54, 1.807) is 6.20 Å². The number of nitrogens with zero attached hydrogens (tertiary/aromatic N) is 5. The van der Waals surface area contributed by atoms with Crippen LogP contribution < -0.4 is 15.4 Å². The van der Waals surface area contributed by atoms with Gasteiger partial charge >= 0.3 is 0 Å². The molecule has 0 spiro atoms. The Kier molecular flexibility index (Phi) is 6.57. The molecule has 2 aromatic heterocycles. The molecular formula is C25H24BrN6O2. The van der Waals surface area contributed by atoms with E-state index in [-0.39, 0.29) is 6.04 Å². The van der Waals surface area contributed by atoms with Gasteiger partial charge in [-0.15, -0.1) is 0 Å². The molecule has 1 saturated heterocycles. The Morgan fingerprint density at radius 1 is 1.15 bits per heavy atom. The molecule has 2 aromatic carbocycles. The van der Waals surface area contributed by atoms with Crippen LogP contribution in [-0.2, 0) is 11.8 Å². The van der Waals surface area contributed by atoms with Crippen molar-refractivity contribution >= 4 is 44.9 Å². The number of pyridine rings is 1. The fourth-order valence-corrected chi connectivity index (χ4v) is 4.30. The summed E-state index contributed by atoms with van der Waals surface area (Å²) in [4.78, 5) is 22.2. The van der Waals surface area contributed by atoms with Crippen LogP contribution in [0.1, 0.15) is 11.7 Å². The molecule has 1 radical (unpaired) electrons. The van der Waals surface area contributed by atoms with Gasteiger partial charge in [-0.3, -0.25) is 9.88 Å². The lowest BCUT2D eigenvalue weighted by Crippen LogP contribution is -2.43. The first-order valence-electron chi connectivity index (χ1n) is 11.0. The molecule has 0 aliphatic carbocycles. The number of piperazine rings is 1. The molecule has 3 heterocycles. The molecule has 34 heavy (non-hydrogen) atoms. The van der Waals surface area contributed by atoms with Crippen LogP contribution in [0.3, 0.4) is 0 Å². The molecule has 0 amide bonds. The van der Waals surface area contributed by atoms with E-state index in [2.05, 4.69) is 36.4 Å². The molecule has 8 nitrogen and oxygen atoms in total. The summed E-state index contributed by atoms with van der Waals surface area (Å²) in [6.07, 6.45) is 2.67. The number of aryl methyl sites for hydroxylation is 1. The van der Waals surface area contributed by atoms with Crippen LogP contribution in [0.5, 0.6) is 11.5 Å². The number of rotatable bonds is 7. The number of anilines is 2. The topological polar surface area (TPSA) is 86.4 Å². The van der Waals surface area contributed by atoms with Crippen molar-refractivity contribution in [1.82, 2.24) is 24.8 Å². The van der Waals surface area contributed by atoms with Gasteiger partial charge in [-0.1, -0.05) is 15.9 Å². The predicted molar refractivity (Wildman–Crippen MR) is 135 cm³/mol. The molecule has 0 bridgehead atoms. The third kappa shape index (κ3) is 4.96. The van der Waals surface area contributed by atoms with E-state index in [1.807, 2.05) is 66.2 Å². The summed E-state index contributed by atoms with van der Waals surface area (Å²) in [6.45, 7) is 2.60. The van der Waals surface area contributed by atoms with Crippen molar-refractivity contribution in [3.63, 3.8) is 0 Å². The number of hydrogen-bond acceptors (Lipinski definition) is 6. The average molecular weight is 520 g/mol. The van der Waals surface area contributed by atoms with Crippen molar-refractivity contribution < 1.29 is 9.53 Å². The van der Waals surface area contributed by atoms with Crippen LogP contribution in [-0.4, -0.2) is 51.9 Å². The van der Waals surface area contributed by atoms with E-state index < -0.39 is 0 Å². The van der Waals surface area contributed by atoms with Crippen molar-refractivity contribution in [2.75, 3.05) is 31.5 Å². The number of hydrogen-bond donors (Lipinski definition) is 1. The predicted octanol–water partition coefficient (Wildman–Crippen LogP) is 4.43. The van der Waals surface area contributed by atoms with Gasteiger partial charge in [0.15, 0.2) is 0 Å². The number of nitrogens with one attached hydrogen (secondary N) is 1. The SMILES string of the molecule is Cn1c(Nc2ccc(Br)cc2)nc2cc(Oc3ccnc(C4CN(CC=O)CC[N]4)c3)ccc21. The van der Waals surface area contributed by atoms with Gasteiger partial charge in [-0.25, -0.2) is 10.3 Å². The maximum absolute atomic E-state index is 10.9. The van der Waals surface area contributed by atoms with Crippen molar-refractivity contribution in [2.45, 2.75) is 6.04 Å². The first-order valence-corrected chi connectivity index (χ1v) is 11.8. The third-order valence-corrected chi connectivity index (χ3v) is 6.34. The lowest BCUT2D eigenvalue weighted by molar-refractivity contribution is -0.109. The number of benzene rings is 2. The van der Waals surface area contributed by atoms with Crippen LogP contribution in [0.15, 0.2) is 65.3 Å². The van der Waals surface area contributed by atoms with Crippen molar-refractivity contribution in [3.8, 4) is 11.5 Å². The van der Waals surface area contributed by atoms with Crippen LogP contribution >= 0.6 is 15.9 Å². The maximum Gasteiger partial charge on any atom is 0.208 e. The van der Waals surface area contributed by atoms with Crippen LogP contribution in [0.4, 0.5) is 11.6 Å². The normalized spacial score (nSPS) is 16.5. The molecular weight excluding hydrogens is 496 g/mol. The monoisotopic (exact) mass is 519 g/mol. The van der Waals surface area contributed by atoms with Gasteiger partial charge in [0, 0.05) is 55.2 Å². The summed E-state index contributed by atoms with van der Waals surface area (Å²) >= 11 is 3.46. The van der Waals surface area contributed by atoms with E-state index in [0.29, 0.717) is 31.1 Å². The standard InChI is InChI=1S/C25H24BrN6O2/c1-31-24-7-6-19(15-22(24)30-25(31)29-18-4-2-17(26)3-5-18)34-20-8-9-27-21(14-20)23-16-32(12-13-33)11-10-28-23/h2-9,13-15,23H,10-12,16H2,1H3,(H,29,30). The average Bonchev–Trinajstić information content (AvgIpc) is 3.15. The van der Waals surface area contributed by atoms with Gasteiger partial charge in [0.1, 0.15) is 17.8 Å². The lowest BCUT2D eigenvalue weighted by Gasteiger charge is -2.30. The van der Waals surface area contributed by atoms with Crippen molar-refractivity contribution in [3.05, 3.63) is 71.0 Å². The number of imidazole rings is 1. The maximum atomic E-state index is 10.9. The van der Waals surface area contributed by atoms with Crippen LogP contribution in [0.2, 0.25) is 0 Å². The van der Waals surface area contributed by atoms with Gasteiger partial charge < -0.3 is 19.4 Å². The minimum atomic E-state index is -0.0669. The molecule has 1 N–H and O–H groups in total. The number of carbonyl (C=O) groups is 1. The van der Waals surface area contributed by atoms with E-state index in [0.717, 1.165) is 45.7 Å². The van der Waals surface area contributed by atoms with Gasteiger partial charge in [0.25, 0.3) is 0 Å². The minimum absolute atomic E-state index is 0.0669. The van der Waals surface area contributed by atoms with Gasteiger partial charge in [-0.05, 0) is 42.5 Å². The fourth-order valence-electron chi connectivity index (χ4n) is 4.03. The second kappa shape index (κ2) is 9.92. The van der Waals surface area contributed by atoms with Gasteiger partial charge in [-0.2, -0.15) is 0 Å². The Morgan fingerprint density at radius 2 is 1.97 bits per heavy atom. The number of aldehydes is 1. The summed E-state index contributed by atoms with van der Waals surface area (Å²) in [5, 5.41) is 8.03. The highest BCUT2D eigenvalue weighted by atomic mass is 79.9. The number of halogens is 1. The van der Waals surface area contributed by atoms with Crippen LogP contribution in [0, 0.1) is 0 Å². The highest BCUT2D eigenvalue weighted by Crippen LogP contribution is 2.29. The minimum Gasteiger partial charge on any atom is -0.457 e. The summed E-state index contributed by atoms with van der Waals surface area (Å²) in [5.74, 6) is 2.14. The Bertz CT molecular complexity index is 1310. The number of carbonyl (C=O) groups excluding carboxylic acids is 1. The highest BCUT2D eigenvalue weighted by Gasteiger charge is 2.23. The lowest BCUT2D eigenvalue weighted by atomic mass is 10.1. The summed E-state index contributed by atoms with van der Waals surface area (Å²) in [5.41, 5.74) is 3.63. The fraction of sp³-hybridized carbons (Fsp3) is 0.240. The molecule has 4 aromatic rings. The molecule has 1 aliphatic rings. The summed E-state index contributed by atoms with van der Waals surface area (Å²) in [6, 6.07) is 17.5. The Labute approximate surface area is 206 Å². The molecule has 1 atom stereocenters. The molecule has 0 saturated carbocycles.